The first-order valence-electron chi connectivity index (χ1n) is 9.99. The van der Waals surface area contributed by atoms with Crippen LogP contribution in [0.3, 0.4) is 0 Å². The summed E-state index contributed by atoms with van der Waals surface area (Å²) in [7, 11) is 0. The van der Waals surface area contributed by atoms with Gasteiger partial charge in [-0.15, -0.1) is 11.3 Å². The first-order valence-corrected chi connectivity index (χ1v) is 11.9. The summed E-state index contributed by atoms with van der Waals surface area (Å²) in [4.78, 5) is 30.3. The molecule has 4 rings (SSSR count). The van der Waals surface area contributed by atoms with Gasteiger partial charge in [-0.1, -0.05) is 23.9 Å². The highest BCUT2D eigenvalue weighted by Gasteiger charge is 2.12. The van der Waals surface area contributed by atoms with Gasteiger partial charge in [0.1, 0.15) is 0 Å². The van der Waals surface area contributed by atoms with E-state index in [0.717, 1.165) is 10.6 Å². The third-order valence-corrected chi connectivity index (χ3v) is 6.47. The summed E-state index contributed by atoms with van der Waals surface area (Å²) in [5, 5.41) is 17.2. The maximum absolute atomic E-state index is 12.6. The van der Waals surface area contributed by atoms with Crippen LogP contribution in [0.25, 0.3) is 5.69 Å². The number of carbonyl (C=O) groups excluding carboxylic acids is 2. The van der Waals surface area contributed by atoms with E-state index in [4.69, 9.17) is 5.26 Å². The van der Waals surface area contributed by atoms with Crippen molar-refractivity contribution in [2.24, 2.45) is 0 Å². The zero-order valence-corrected chi connectivity index (χ0v) is 19.0. The highest BCUT2D eigenvalue weighted by molar-refractivity contribution is 7.99. The van der Waals surface area contributed by atoms with Crippen LogP contribution >= 0.6 is 23.1 Å². The van der Waals surface area contributed by atoms with Crippen molar-refractivity contribution in [2.75, 3.05) is 11.1 Å². The number of nitriles is 1. The van der Waals surface area contributed by atoms with Crippen molar-refractivity contribution in [3.8, 4) is 11.8 Å². The van der Waals surface area contributed by atoms with Crippen LogP contribution in [0.15, 0.2) is 83.6 Å². The first-order chi connectivity index (χ1) is 16.1. The Morgan fingerprint density at radius 3 is 2.73 bits per heavy atom. The van der Waals surface area contributed by atoms with Crippen LogP contribution in [0, 0.1) is 11.3 Å². The zero-order chi connectivity index (χ0) is 23.0. The number of thioether (sulfide) groups is 1. The predicted octanol–water partition coefficient (Wildman–Crippen LogP) is 4.47. The van der Waals surface area contributed by atoms with Crippen molar-refractivity contribution < 1.29 is 9.59 Å². The van der Waals surface area contributed by atoms with Crippen molar-refractivity contribution in [1.29, 1.82) is 5.26 Å². The molecule has 7 nitrogen and oxygen atoms in total. The number of benzene rings is 2. The van der Waals surface area contributed by atoms with E-state index >= 15 is 0 Å². The van der Waals surface area contributed by atoms with Crippen LogP contribution in [0.2, 0.25) is 0 Å². The minimum absolute atomic E-state index is 0.152. The first kappa shape index (κ1) is 22.3. The SMILES string of the molecule is N#Cc1ccc(NC(=O)CSc2nccn2-c2cccc(C(=O)NCc3cccs3)c2)cc1. The molecule has 9 heteroatoms. The lowest BCUT2D eigenvalue weighted by Crippen LogP contribution is -2.22. The molecule has 0 aliphatic carbocycles. The lowest BCUT2D eigenvalue weighted by Gasteiger charge is -2.10. The second kappa shape index (κ2) is 10.6. The Morgan fingerprint density at radius 1 is 1.12 bits per heavy atom. The van der Waals surface area contributed by atoms with Gasteiger partial charge in [-0.2, -0.15) is 5.26 Å². The molecule has 0 atom stereocenters. The average Bonchev–Trinajstić information content (AvgIpc) is 3.54. The number of carbonyl (C=O) groups is 2. The summed E-state index contributed by atoms with van der Waals surface area (Å²) < 4.78 is 1.84. The van der Waals surface area contributed by atoms with E-state index in [1.54, 1.807) is 60.1 Å². The van der Waals surface area contributed by atoms with Gasteiger partial charge in [0, 0.05) is 34.2 Å². The molecule has 0 saturated carbocycles. The van der Waals surface area contributed by atoms with Crippen molar-refractivity contribution in [1.82, 2.24) is 14.9 Å². The van der Waals surface area contributed by atoms with E-state index in [-0.39, 0.29) is 17.6 Å². The smallest absolute Gasteiger partial charge is 0.251 e. The Hall–Kier alpha value is -3.87. The molecule has 2 heterocycles. The Morgan fingerprint density at radius 2 is 1.97 bits per heavy atom. The van der Waals surface area contributed by atoms with E-state index in [0.29, 0.717) is 28.5 Å². The molecule has 0 fully saturated rings. The fraction of sp³-hybridized carbons (Fsp3) is 0.0833. The third kappa shape index (κ3) is 5.88. The molecule has 164 valence electrons. The topological polar surface area (TPSA) is 99.8 Å². The summed E-state index contributed by atoms with van der Waals surface area (Å²) in [6.07, 6.45) is 3.45. The van der Waals surface area contributed by atoms with Gasteiger partial charge < -0.3 is 10.6 Å². The molecule has 0 radical (unpaired) electrons. The summed E-state index contributed by atoms with van der Waals surface area (Å²) in [5.41, 5.74) is 2.49. The predicted molar refractivity (Wildman–Crippen MR) is 130 cm³/mol. The summed E-state index contributed by atoms with van der Waals surface area (Å²) in [6.45, 7) is 0.487. The molecular weight excluding hydrogens is 454 g/mol. The molecule has 2 N–H and O–H groups in total. The Bertz CT molecular complexity index is 1290. The molecule has 0 aliphatic heterocycles. The van der Waals surface area contributed by atoms with Crippen LogP contribution < -0.4 is 10.6 Å². The lowest BCUT2D eigenvalue weighted by atomic mass is 10.2. The fourth-order valence-corrected chi connectivity index (χ4v) is 4.45. The molecule has 0 saturated heterocycles. The Kier molecular flexibility index (Phi) is 7.19. The normalized spacial score (nSPS) is 10.4. The number of amides is 2. The van der Waals surface area contributed by atoms with Crippen molar-refractivity contribution in [3.05, 3.63) is 94.4 Å². The van der Waals surface area contributed by atoms with Gasteiger partial charge in [-0.3, -0.25) is 14.2 Å². The van der Waals surface area contributed by atoms with Crippen molar-refractivity contribution in [2.45, 2.75) is 11.7 Å². The van der Waals surface area contributed by atoms with Gasteiger partial charge >= 0.3 is 0 Å². The monoisotopic (exact) mass is 473 g/mol. The zero-order valence-electron chi connectivity index (χ0n) is 17.4. The molecule has 2 aromatic carbocycles. The van der Waals surface area contributed by atoms with Gasteiger partial charge in [0.15, 0.2) is 5.16 Å². The third-order valence-electron chi connectivity index (χ3n) is 4.63. The Balaban J connectivity index is 1.38. The van der Waals surface area contributed by atoms with Crippen LogP contribution in [-0.4, -0.2) is 27.1 Å². The number of imidazole rings is 1. The van der Waals surface area contributed by atoms with Crippen LogP contribution in [0.1, 0.15) is 20.8 Å². The second-order valence-corrected chi connectivity index (χ2v) is 8.89. The molecule has 33 heavy (non-hydrogen) atoms. The van der Waals surface area contributed by atoms with Crippen molar-refractivity contribution >= 4 is 40.6 Å². The summed E-state index contributed by atoms with van der Waals surface area (Å²) in [5.74, 6) is -0.166. The fourth-order valence-electron chi connectivity index (χ4n) is 3.03. The average molecular weight is 474 g/mol. The van der Waals surface area contributed by atoms with Gasteiger partial charge in [0.25, 0.3) is 5.91 Å². The molecular formula is C24H19N5O2S2. The minimum atomic E-state index is -0.180. The van der Waals surface area contributed by atoms with E-state index < -0.39 is 0 Å². The minimum Gasteiger partial charge on any atom is -0.347 e. The van der Waals surface area contributed by atoms with Crippen molar-refractivity contribution in [3.63, 3.8) is 0 Å². The number of nitrogens with one attached hydrogen (secondary N) is 2. The maximum Gasteiger partial charge on any atom is 0.251 e. The molecule has 4 aromatic rings. The van der Waals surface area contributed by atoms with Crippen LogP contribution in [0.4, 0.5) is 5.69 Å². The van der Waals surface area contributed by atoms with Crippen LogP contribution in [-0.2, 0) is 11.3 Å². The molecule has 0 unspecified atom stereocenters. The number of hydrogen-bond donors (Lipinski definition) is 2. The number of anilines is 1. The largest absolute Gasteiger partial charge is 0.347 e. The molecule has 2 amide bonds. The highest BCUT2D eigenvalue weighted by Crippen LogP contribution is 2.22. The molecule has 0 spiro atoms. The standard InChI is InChI=1S/C24H19N5O2S2/c25-14-17-6-8-19(9-7-17)28-22(30)16-33-24-26-10-11-29(24)20-4-1-3-18(13-20)23(31)27-15-21-5-2-12-32-21/h1-13H,15-16H2,(H,27,31)(H,28,30). The highest BCUT2D eigenvalue weighted by atomic mass is 32.2. The van der Waals surface area contributed by atoms with Gasteiger partial charge in [0.2, 0.25) is 5.91 Å². The number of rotatable bonds is 8. The van der Waals surface area contributed by atoms with E-state index in [1.165, 1.54) is 11.8 Å². The number of aromatic nitrogens is 2. The van der Waals surface area contributed by atoms with Gasteiger partial charge in [-0.25, -0.2) is 4.98 Å². The van der Waals surface area contributed by atoms with E-state index in [2.05, 4.69) is 15.6 Å². The molecule has 0 aliphatic rings. The maximum atomic E-state index is 12.6. The lowest BCUT2D eigenvalue weighted by molar-refractivity contribution is -0.113. The summed E-state index contributed by atoms with van der Waals surface area (Å²) in [6, 6.07) is 19.9. The van der Waals surface area contributed by atoms with Gasteiger partial charge in [-0.05, 0) is 53.9 Å². The van der Waals surface area contributed by atoms with Crippen LogP contribution in [0.5, 0.6) is 0 Å². The summed E-state index contributed by atoms with van der Waals surface area (Å²) >= 11 is 2.89. The number of hydrogen-bond acceptors (Lipinski definition) is 6. The Labute approximate surface area is 199 Å². The molecule has 0 bridgehead atoms. The van der Waals surface area contributed by atoms with E-state index in [1.807, 2.05) is 40.3 Å². The second-order valence-electron chi connectivity index (χ2n) is 6.92. The molecule has 2 aromatic heterocycles. The van der Waals surface area contributed by atoms with E-state index in [9.17, 15) is 9.59 Å². The number of thiophene rings is 1. The quantitative estimate of drug-likeness (QED) is 0.368. The van der Waals surface area contributed by atoms with Gasteiger partial charge in [0.05, 0.1) is 23.9 Å². The number of nitrogens with zero attached hydrogens (tertiary/aromatic N) is 3.